The van der Waals surface area contributed by atoms with Gasteiger partial charge in [-0.15, -0.1) is 0 Å². The number of benzene rings is 4. The summed E-state index contributed by atoms with van der Waals surface area (Å²) in [5.74, 6) is 1.74. The lowest BCUT2D eigenvalue weighted by Crippen LogP contribution is -2.41. The molecule has 4 heteroatoms. The van der Waals surface area contributed by atoms with Crippen molar-refractivity contribution in [3.63, 3.8) is 0 Å². The molecule has 0 amide bonds. The molecular weight excluding hydrogens is 431 g/mol. The molecule has 7 rings (SSSR count). The molecule has 1 saturated heterocycles. The molecule has 4 aromatic rings. The van der Waals surface area contributed by atoms with Crippen LogP contribution in [0.3, 0.4) is 0 Å². The normalized spacial score (nSPS) is 19.5. The van der Waals surface area contributed by atoms with E-state index in [9.17, 15) is 0 Å². The van der Waals surface area contributed by atoms with Gasteiger partial charge in [-0.2, -0.15) is 0 Å². The fraction of sp³-hybridized carbons (Fsp3) is 0.226. The van der Waals surface area contributed by atoms with Crippen molar-refractivity contribution in [2.24, 2.45) is 0 Å². The Balaban J connectivity index is 1.49. The molecule has 1 fully saturated rings. The van der Waals surface area contributed by atoms with Crippen LogP contribution in [0.1, 0.15) is 49.9 Å². The highest BCUT2D eigenvalue weighted by Crippen LogP contribution is 2.61. The molecule has 0 radical (unpaired) electrons. The van der Waals surface area contributed by atoms with Crippen molar-refractivity contribution < 1.29 is 14.0 Å². The maximum atomic E-state index is 6.59. The van der Waals surface area contributed by atoms with Crippen molar-refractivity contribution in [2.45, 2.75) is 44.3 Å². The zero-order valence-corrected chi connectivity index (χ0v) is 20.5. The predicted molar refractivity (Wildman–Crippen MR) is 140 cm³/mol. The Kier molecular flexibility index (Phi) is 4.12. The third kappa shape index (κ3) is 2.64. The first-order valence-corrected chi connectivity index (χ1v) is 12.3. The van der Waals surface area contributed by atoms with Gasteiger partial charge in [0, 0.05) is 11.1 Å². The smallest absolute Gasteiger partial charge is 0.457 e. The highest BCUT2D eigenvalue weighted by atomic mass is 16.7. The minimum Gasteiger partial charge on any atom is -0.457 e. The molecule has 2 aliphatic heterocycles. The van der Waals surface area contributed by atoms with E-state index in [4.69, 9.17) is 14.0 Å². The summed E-state index contributed by atoms with van der Waals surface area (Å²) < 4.78 is 19.3. The van der Waals surface area contributed by atoms with Crippen molar-refractivity contribution in [1.29, 1.82) is 0 Å². The van der Waals surface area contributed by atoms with Gasteiger partial charge in [0.15, 0.2) is 0 Å². The minimum absolute atomic E-state index is 0.397. The molecule has 2 heterocycles. The van der Waals surface area contributed by atoms with Gasteiger partial charge in [0.05, 0.1) is 16.6 Å². The molecule has 0 saturated carbocycles. The van der Waals surface area contributed by atoms with Gasteiger partial charge < -0.3 is 14.0 Å². The maximum absolute atomic E-state index is 6.59. The Hall–Kier alpha value is -3.34. The van der Waals surface area contributed by atoms with Crippen LogP contribution >= 0.6 is 0 Å². The zero-order valence-electron chi connectivity index (χ0n) is 20.5. The van der Waals surface area contributed by atoms with E-state index >= 15 is 0 Å². The fourth-order valence-corrected chi connectivity index (χ4v) is 6.00. The first kappa shape index (κ1) is 21.0. The molecule has 0 atom stereocenters. The summed E-state index contributed by atoms with van der Waals surface area (Å²) in [4.78, 5) is 0. The van der Waals surface area contributed by atoms with E-state index in [0.29, 0.717) is 0 Å². The lowest BCUT2D eigenvalue weighted by atomic mass is 9.65. The Morgan fingerprint density at radius 3 is 1.69 bits per heavy atom. The molecule has 0 unspecified atom stereocenters. The van der Waals surface area contributed by atoms with Crippen LogP contribution in [-0.2, 0) is 14.7 Å². The van der Waals surface area contributed by atoms with E-state index < -0.39 is 23.7 Å². The van der Waals surface area contributed by atoms with E-state index in [-0.39, 0.29) is 0 Å². The van der Waals surface area contributed by atoms with Crippen molar-refractivity contribution in [3.8, 4) is 22.6 Å². The summed E-state index contributed by atoms with van der Waals surface area (Å²) in [6.07, 6.45) is 0. The number of fused-ring (bicyclic) bond motifs is 9. The first-order valence-electron chi connectivity index (χ1n) is 12.3. The van der Waals surface area contributed by atoms with E-state index in [0.717, 1.165) is 22.5 Å². The second-order valence-electron chi connectivity index (χ2n) is 10.8. The van der Waals surface area contributed by atoms with Gasteiger partial charge in [0.25, 0.3) is 0 Å². The lowest BCUT2D eigenvalue weighted by Gasteiger charge is -2.39. The van der Waals surface area contributed by atoms with Crippen molar-refractivity contribution in [2.75, 3.05) is 0 Å². The van der Waals surface area contributed by atoms with Crippen LogP contribution in [0.2, 0.25) is 0 Å². The van der Waals surface area contributed by atoms with Gasteiger partial charge in [0.2, 0.25) is 0 Å². The first-order chi connectivity index (χ1) is 16.8. The molecule has 3 aliphatic rings. The van der Waals surface area contributed by atoms with Crippen LogP contribution in [0.4, 0.5) is 0 Å². The van der Waals surface area contributed by atoms with Crippen LogP contribution in [0.15, 0.2) is 91.0 Å². The SMILES string of the molecule is CC1(C)OB(c2ccc3c(c2)Oc2ccccc2C32c3ccccc3-c3ccccc32)OC1(C)C. The topological polar surface area (TPSA) is 27.7 Å². The predicted octanol–water partition coefficient (Wildman–Crippen LogP) is 6.45. The second kappa shape index (κ2) is 6.87. The molecule has 0 aromatic heterocycles. The molecule has 35 heavy (non-hydrogen) atoms. The monoisotopic (exact) mass is 458 g/mol. The number of ether oxygens (including phenoxy) is 1. The number of rotatable bonds is 1. The number of hydrogen-bond acceptors (Lipinski definition) is 3. The fourth-order valence-electron chi connectivity index (χ4n) is 6.00. The summed E-state index contributed by atoms with van der Waals surface area (Å²) >= 11 is 0. The maximum Gasteiger partial charge on any atom is 0.494 e. The molecule has 1 spiro atoms. The quantitative estimate of drug-likeness (QED) is 0.265. The van der Waals surface area contributed by atoms with Gasteiger partial charge in [-0.05, 0) is 67.5 Å². The third-order valence-corrected chi connectivity index (χ3v) is 8.40. The molecule has 1 aliphatic carbocycles. The summed E-state index contributed by atoms with van der Waals surface area (Å²) in [6.45, 7) is 8.33. The van der Waals surface area contributed by atoms with E-state index in [1.807, 2.05) is 6.07 Å². The van der Waals surface area contributed by atoms with Crippen molar-refractivity contribution in [3.05, 3.63) is 113 Å². The summed E-state index contributed by atoms with van der Waals surface area (Å²) in [6, 6.07) is 32.4. The van der Waals surface area contributed by atoms with Gasteiger partial charge in [-0.25, -0.2) is 0 Å². The standard InChI is InChI=1S/C31H27BO3/c1-29(2)30(3,4)35-32(34-29)20-17-18-26-28(19-20)33-27-16-10-9-15-25(27)31(26)23-13-7-5-11-21(23)22-12-6-8-14-24(22)31/h5-19H,1-4H3. The molecule has 172 valence electrons. The third-order valence-electron chi connectivity index (χ3n) is 8.40. The van der Waals surface area contributed by atoms with Gasteiger partial charge in [-0.1, -0.05) is 78.9 Å². The van der Waals surface area contributed by atoms with Crippen molar-refractivity contribution in [1.82, 2.24) is 0 Å². The minimum atomic E-state index is -0.440. The highest BCUT2D eigenvalue weighted by molar-refractivity contribution is 6.62. The van der Waals surface area contributed by atoms with Gasteiger partial charge in [-0.3, -0.25) is 0 Å². The van der Waals surface area contributed by atoms with Crippen LogP contribution in [0.25, 0.3) is 11.1 Å². The number of hydrogen-bond donors (Lipinski definition) is 0. The largest absolute Gasteiger partial charge is 0.494 e. The average molecular weight is 458 g/mol. The molecule has 0 N–H and O–H groups in total. The van der Waals surface area contributed by atoms with E-state index in [1.165, 1.54) is 27.8 Å². The van der Waals surface area contributed by atoms with Crippen LogP contribution < -0.4 is 10.2 Å². The molecular formula is C31H27BO3. The number of para-hydroxylation sites is 1. The Morgan fingerprint density at radius 2 is 1.06 bits per heavy atom. The Bertz CT molecular complexity index is 1440. The van der Waals surface area contributed by atoms with Crippen LogP contribution in [-0.4, -0.2) is 18.3 Å². The molecule has 3 nitrogen and oxygen atoms in total. The van der Waals surface area contributed by atoms with Crippen LogP contribution in [0.5, 0.6) is 11.5 Å². The van der Waals surface area contributed by atoms with E-state index in [2.05, 4.69) is 113 Å². The zero-order chi connectivity index (χ0) is 24.0. The summed E-state index contributed by atoms with van der Waals surface area (Å²) in [7, 11) is -0.440. The highest BCUT2D eigenvalue weighted by Gasteiger charge is 2.54. The molecule has 4 aromatic carbocycles. The van der Waals surface area contributed by atoms with Crippen LogP contribution in [0, 0.1) is 0 Å². The summed E-state index contributed by atoms with van der Waals surface area (Å²) in [5.41, 5.74) is 7.20. The average Bonchev–Trinajstić information content (AvgIpc) is 3.27. The lowest BCUT2D eigenvalue weighted by molar-refractivity contribution is 0.00578. The Morgan fingerprint density at radius 1 is 0.543 bits per heavy atom. The van der Waals surface area contributed by atoms with Crippen molar-refractivity contribution >= 4 is 12.6 Å². The second-order valence-corrected chi connectivity index (χ2v) is 10.8. The Labute approximate surface area is 206 Å². The van der Waals surface area contributed by atoms with E-state index in [1.54, 1.807) is 0 Å². The molecule has 0 bridgehead atoms. The van der Waals surface area contributed by atoms with Gasteiger partial charge >= 0.3 is 7.12 Å². The van der Waals surface area contributed by atoms with Gasteiger partial charge in [0.1, 0.15) is 11.5 Å². The summed E-state index contributed by atoms with van der Waals surface area (Å²) in [5, 5.41) is 0.